The van der Waals surface area contributed by atoms with Crippen LogP contribution < -0.4 is 11.1 Å². The van der Waals surface area contributed by atoms with Gasteiger partial charge < -0.3 is 11.1 Å². The SMILES string of the molecule is Cc1cc(NCc2ccccc2C)c(Br)cc1N. The van der Waals surface area contributed by atoms with E-state index in [0.717, 1.165) is 28.0 Å². The van der Waals surface area contributed by atoms with E-state index in [2.05, 4.69) is 58.5 Å². The highest BCUT2D eigenvalue weighted by Gasteiger charge is 2.04. The topological polar surface area (TPSA) is 38.0 Å². The van der Waals surface area contributed by atoms with Gasteiger partial charge >= 0.3 is 0 Å². The average Bonchev–Trinajstić information content (AvgIpc) is 2.34. The number of nitrogens with two attached hydrogens (primary N) is 1. The lowest BCUT2D eigenvalue weighted by Gasteiger charge is -2.12. The molecule has 0 unspecified atom stereocenters. The molecular weight excluding hydrogens is 288 g/mol. The predicted molar refractivity (Wildman–Crippen MR) is 81.8 cm³/mol. The van der Waals surface area contributed by atoms with Crippen molar-refractivity contribution in [2.45, 2.75) is 20.4 Å². The summed E-state index contributed by atoms with van der Waals surface area (Å²) >= 11 is 3.53. The van der Waals surface area contributed by atoms with Crippen molar-refractivity contribution in [1.82, 2.24) is 0 Å². The Morgan fingerprint density at radius 1 is 1.11 bits per heavy atom. The largest absolute Gasteiger partial charge is 0.398 e. The molecule has 94 valence electrons. The molecule has 18 heavy (non-hydrogen) atoms. The fraction of sp³-hybridized carbons (Fsp3) is 0.200. The quantitative estimate of drug-likeness (QED) is 0.832. The normalized spacial score (nSPS) is 10.4. The van der Waals surface area contributed by atoms with Gasteiger partial charge in [-0.1, -0.05) is 24.3 Å². The second-order valence-corrected chi connectivity index (χ2v) is 5.32. The van der Waals surface area contributed by atoms with Gasteiger partial charge in [0.15, 0.2) is 0 Å². The Bertz CT molecular complexity index is 564. The molecule has 0 radical (unpaired) electrons. The summed E-state index contributed by atoms with van der Waals surface area (Å²) in [5.74, 6) is 0. The third-order valence-electron chi connectivity index (χ3n) is 3.09. The van der Waals surface area contributed by atoms with E-state index in [1.807, 2.05) is 13.0 Å². The molecule has 0 saturated heterocycles. The molecular formula is C15H17BrN2. The number of halogens is 1. The van der Waals surface area contributed by atoms with Gasteiger partial charge in [-0.2, -0.15) is 0 Å². The Morgan fingerprint density at radius 2 is 1.83 bits per heavy atom. The molecule has 2 rings (SSSR count). The standard InChI is InChI=1S/C15H17BrN2/c1-10-5-3-4-6-12(10)9-18-15-7-11(2)14(17)8-13(15)16/h3-8,18H,9,17H2,1-2H3. The molecule has 0 aliphatic heterocycles. The van der Waals surface area contributed by atoms with Crippen LogP contribution in [0.25, 0.3) is 0 Å². The highest BCUT2D eigenvalue weighted by atomic mass is 79.9. The van der Waals surface area contributed by atoms with E-state index in [4.69, 9.17) is 5.73 Å². The minimum atomic E-state index is 0.809. The maximum atomic E-state index is 5.86. The molecule has 0 fully saturated rings. The van der Waals surface area contributed by atoms with Gasteiger partial charge in [0.2, 0.25) is 0 Å². The molecule has 3 N–H and O–H groups in total. The fourth-order valence-electron chi connectivity index (χ4n) is 1.83. The summed E-state index contributed by atoms with van der Waals surface area (Å²) in [6, 6.07) is 12.4. The van der Waals surface area contributed by atoms with Crippen molar-refractivity contribution >= 4 is 27.3 Å². The van der Waals surface area contributed by atoms with Crippen LogP contribution in [0.5, 0.6) is 0 Å². The first-order valence-corrected chi connectivity index (χ1v) is 6.71. The molecule has 0 bridgehead atoms. The van der Waals surface area contributed by atoms with Crippen molar-refractivity contribution in [2.24, 2.45) is 0 Å². The molecule has 0 aliphatic rings. The molecule has 0 spiro atoms. The predicted octanol–water partition coefficient (Wildman–Crippen LogP) is 4.26. The number of rotatable bonds is 3. The first kappa shape index (κ1) is 13.0. The van der Waals surface area contributed by atoms with E-state index in [1.54, 1.807) is 0 Å². The summed E-state index contributed by atoms with van der Waals surface area (Å²) in [4.78, 5) is 0. The first-order valence-electron chi connectivity index (χ1n) is 5.92. The van der Waals surface area contributed by atoms with Gasteiger partial charge in [0.1, 0.15) is 0 Å². The first-order chi connectivity index (χ1) is 8.58. The van der Waals surface area contributed by atoms with Gasteiger partial charge in [0.05, 0.1) is 0 Å². The molecule has 0 atom stereocenters. The summed E-state index contributed by atoms with van der Waals surface area (Å²) in [6.07, 6.45) is 0. The van der Waals surface area contributed by atoms with Crippen molar-refractivity contribution in [3.8, 4) is 0 Å². The van der Waals surface area contributed by atoms with Crippen LogP contribution in [0.3, 0.4) is 0 Å². The molecule has 0 amide bonds. The fourth-order valence-corrected chi connectivity index (χ4v) is 2.33. The highest BCUT2D eigenvalue weighted by molar-refractivity contribution is 9.10. The second-order valence-electron chi connectivity index (χ2n) is 4.47. The lowest BCUT2D eigenvalue weighted by molar-refractivity contribution is 1.11. The van der Waals surface area contributed by atoms with E-state index >= 15 is 0 Å². The smallest absolute Gasteiger partial charge is 0.0491 e. The number of anilines is 2. The van der Waals surface area contributed by atoms with E-state index < -0.39 is 0 Å². The Balaban J connectivity index is 2.16. The molecule has 0 saturated carbocycles. The molecule has 2 aromatic rings. The van der Waals surface area contributed by atoms with E-state index in [1.165, 1.54) is 11.1 Å². The number of hydrogen-bond donors (Lipinski definition) is 2. The summed E-state index contributed by atoms with van der Waals surface area (Å²) in [5.41, 5.74) is 11.4. The Kier molecular flexibility index (Phi) is 3.92. The second kappa shape index (κ2) is 5.44. The van der Waals surface area contributed by atoms with Crippen LogP contribution >= 0.6 is 15.9 Å². The van der Waals surface area contributed by atoms with Crippen molar-refractivity contribution in [3.05, 3.63) is 57.6 Å². The zero-order valence-corrected chi connectivity index (χ0v) is 12.2. The van der Waals surface area contributed by atoms with Crippen LogP contribution in [-0.2, 0) is 6.54 Å². The maximum Gasteiger partial charge on any atom is 0.0491 e. The lowest BCUT2D eigenvalue weighted by Crippen LogP contribution is -2.03. The van der Waals surface area contributed by atoms with Crippen LogP contribution in [0.4, 0.5) is 11.4 Å². The maximum absolute atomic E-state index is 5.86. The van der Waals surface area contributed by atoms with Crippen molar-refractivity contribution in [2.75, 3.05) is 11.1 Å². The highest BCUT2D eigenvalue weighted by Crippen LogP contribution is 2.28. The van der Waals surface area contributed by atoms with Crippen LogP contribution in [-0.4, -0.2) is 0 Å². The Labute approximate surface area is 116 Å². The zero-order chi connectivity index (χ0) is 13.1. The lowest BCUT2D eigenvalue weighted by atomic mass is 10.1. The van der Waals surface area contributed by atoms with Crippen molar-refractivity contribution in [3.63, 3.8) is 0 Å². The van der Waals surface area contributed by atoms with Gasteiger partial charge in [-0.05, 0) is 58.6 Å². The Hall–Kier alpha value is -1.48. The van der Waals surface area contributed by atoms with Crippen LogP contribution in [0.1, 0.15) is 16.7 Å². The van der Waals surface area contributed by atoms with Gasteiger partial charge in [-0.15, -0.1) is 0 Å². The summed E-state index contributed by atoms with van der Waals surface area (Å²) < 4.78 is 0.999. The number of nitrogens with one attached hydrogen (secondary N) is 1. The van der Waals surface area contributed by atoms with Crippen LogP contribution in [0, 0.1) is 13.8 Å². The zero-order valence-electron chi connectivity index (χ0n) is 10.6. The number of aryl methyl sites for hydroxylation is 2. The molecule has 0 aromatic heterocycles. The van der Waals surface area contributed by atoms with Gasteiger partial charge in [0, 0.05) is 22.4 Å². The van der Waals surface area contributed by atoms with Gasteiger partial charge in [-0.3, -0.25) is 0 Å². The van der Waals surface area contributed by atoms with Crippen molar-refractivity contribution < 1.29 is 0 Å². The monoisotopic (exact) mass is 304 g/mol. The number of benzene rings is 2. The summed E-state index contributed by atoms with van der Waals surface area (Å²) in [7, 11) is 0. The molecule has 3 heteroatoms. The summed E-state index contributed by atoms with van der Waals surface area (Å²) in [6.45, 7) is 4.95. The van der Waals surface area contributed by atoms with E-state index in [-0.39, 0.29) is 0 Å². The van der Waals surface area contributed by atoms with Gasteiger partial charge in [0.25, 0.3) is 0 Å². The molecule has 0 heterocycles. The summed E-state index contributed by atoms with van der Waals surface area (Å²) in [5, 5.41) is 3.44. The minimum Gasteiger partial charge on any atom is -0.398 e. The van der Waals surface area contributed by atoms with Crippen LogP contribution in [0.15, 0.2) is 40.9 Å². The third kappa shape index (κ3) is 2.85. The van der Waals surface area contributed by atoms with Crippen molar-refractivity contribution in [1.29, 1.82) is 0 Å². The van der Waals surface area contributed by atoms with Gasteiger partial charge in [-0.25, -0.2) is 0 Å². The van der Waals surface area contributed by atoms with E-state index in [9.17, 15) is 0 Å². The average molecular weight is 305 g/mol. The number of nitrogen functional groups attached to an aromatic ring is 1. The third-order valence-corrected chi connectivity index (χ3v) is 3.74. The molecule has 2 nitrogen and oxygen atoms in total. The Morgan fingerprint density at radius 3 is 2.56 bits per heavy atom. The molecule has 2 aromatic carbocycles. The van der Waals surface area contributed by atoms with E-state index in [0.29, 0.717) is 0 Å². The minimum absolute atomic E-state index is 0.809. The number of hydrogen-bond acceptors (Lipinski definition) is 2. The molecule has 0 aliphatic carbocycles. The van der Waals surface area contributed by atoms with Crippen LogP contribution in [0.2, 0.25) is 0 Å².